The lowest BCUT2D eigenvalue weighted by Crippen LogP contribution is -2.07. The first-order valence-electron chi connectivity index (χ1n) is 9.90. The Hall–Kier alpha value is -3.60. The van der Waals surface area contributed by atoms with E-state index < -0.39 is 0 Å². The van der Waals surface area contributed by atoms with Gasteiger partial charge < -0.3 is 9.73 Å². The van der Waals surface area contributed by atoms with Gasteiger partial charge in [-0.3, -0.25) is 4.79 Å². The van der Waals surface area contributed by atoms with Gasteiger partial charge in [-0.2, -0.15) is 0 Å². The summed E-state index contributed by atoms with van der Waals surface area (Å²) in [6.45, 7) is 0. The third-order valence-corrected chi connectivity index (χ3v) is 5.60. The van der Waals surface area contributed by atoms with Gasteiger partial charge >= 0.3 is 0 Å². The van der Waals surface area contributed by atoms with Crippen LogP contribution < -0.4 is 5.32 Å². The molecule has 0 aliphatic rings. The van der Waals surface area contributed by atoms with Crippen LogP contribution in [0.3, 0.4) is 0 Å². The third kappa shape index (κ3) is 4.11. The quantitative estimate of drug-likeness (QED) is 0.282. The van der Waals surface area contributed by atoms with Gasteiger partial charge in [-0.15, -0.1) is 0 Å². The van der Waals surface area contributed by atoms with Crippen molar-refractivity contribution in [3.05, 3.63) is 101 Å². The van der Waals surface area contributed by atoms with E-state index in [-0.39, 0.29) is 5.91 Å². The van der Waals surface area contributed by atoms with Crippen molar-refractivity contribution in [1.82, 2.24) is 4.98 Å². The highest BCUT2D eigenvalue weighted by atomic mass is 35.5. The highest BCUT2D eigenvalue weighted by molar-refractivity contribution is 6.35. The van der Waals surface area contributed by atoms with Gasteiger partial charge in [-0.25, -0.2) is 4.98 Å². The summed E-state index contributed by atoms with van der Waals surface area (Å²) in [6.07, 6.45) is 3.07. The van der Waals surface area contributed by atoms with Gasteiger partial charge in [-0.05, 0) is 53.4 Å². The molecule has 0 fully saturated rings. The number of fused-ring (bicyclic) bond motifs is 3. The Morgan fingerprint density at radius 2 is 1.81 bits per heavy atom. The average molecular weight is 459 g/mol. The van der Waals surface area contributed by atoms with Gasteiger partial charge in [0.05, 0.1) is 0 Å². The standard InChI is InChI=1S/C26H16Cl2N2O2/c27-19-11-8-17(22(28)15-19)10-13-24(31)29-20-6-3-5-18(14-20)26-30-25-21-7-2-1-4-16(21)9-12-23(25)32-26/h1-15H,(H,29,31)/b13-10+. The molecule has 5 rings (SSSR count). The molecule has 0 aliphatic carbocycles. The lowest BCUT2D eigenvalue weighted by atomic mass is 10.1. The van der Waals surface area contributed by atoms with Crippen LogP contribution in [0.1, 0.15) is 5.56 Å². The number of anilines is 1. The number of oxazole rings is 1. The smallest absolute Gasteiger partial charge is 0.248 e. The Balaban J connectivity index is 1.39. The van der Waals surface area contributed by atoms with Crippen molar-refractivity contribution in [2.24, 2.45) is 0 Å². The van der Waals surface area contributed by atoms with Crippen molar-refractivity contribution in [2.75, 3.05) is 5.32 Å². The van der Waals surface area contributed by atoms with E-state index in [0.29, 0.717) is 27.2 Å². The number of benzene rings is 4. The maximum absolute atomic E-state index is 12.4. The van der Waals surface area contributed by atoms with Crippen LogP contribution in [0.4, 0.5) is 5.69 Å². The summed E-state index contributed by atoms with van der Waals surface area (Å²) in [5, 5.41) is 6.02. The summed E-state index contributed by atoms with van der Waals surface area (Å²) in [5.41, 5.74) is 3.64. The molecule has 0 atom stereocenters. The largest absolute Gasteiger partial charge is 0.436 e. The summed E-state index contributed by atoms with van der Waals surface area (Å²) in [7, 11) is 0. The van der Waals surface area contributed by atoms with Crippen LogP contribution in [0, 0.1) is 0 Å². The molecule has 0 saturated heterocycles. The van der Waals surface area contributed by atoms with Gasteiger partial charge in [0.25, 0.3) is 0 Å². The molecule has 0 bridgehead atoms. The number of halogens is 2. The molecule has 1 heterocycles. The molecule has 156 valence electrons. The van der Waals surface area contributed by atoms with Crippen molar-refractivity contribution in [2.45, 2.75) is 0 Å². The first-order valence-corrected chi connectivity index (χ1v) is 10.7. The predicted molar refractivity (Wildman–Crippen MR) is 131 cm³/mol. The van der Waals surface area contributed by atoms with Crippen LogP contribution in [-0.4, -0.2) is 10.9 Å². The number of hydrogen-bond acceptors (Lipinski definition) is 3. The van der Waals surface area contributed by atoms with Gasteiger partial charge in [-0.1, -0.05) is 65.7 Å². The van der Waals surface area contributed by atoms with Crippen molar-refractivity contribution >= 4 is 62.7 Å². The maximum Gasteiger partial charge on any atom is 0.248 e. The molecule has 0 aliphatic heterocycles. The average Bonchev–Trinajstić information content (AvgIpc) is 3.24. The van der Waals surface area contributed by atoms with Gasteiger partial charge in [0, 0.05) is 32.8 Å². The van der Waals surface area contributed by atoms with Gasteiger partial charge in [0.2, 0.25) is 11.8 Å². The molecule has 4 aromatic carbocycles. The summed E-state index contributed by atoms with van der Waals surface area (Å²) in [6, 6.07) is 24.5. The second-order valence-electron chi connectivity index (χ2n) is 7.22. The third-order valence-electron chi connectivity index (χ3n) is 5.04. The minimum Gasteiger partial charge on any atom is -0.436 e. The number of hydrogen-bond donors (Lipinski definition) is 1. The van der Waals surface area contributed by atoms with E-state index in [1.807, 2.05) is 60.7 Å². The van der Waals surface area contributed by atoms with E-state index in [4.69, 9.17) is 32.6 Å². The van der Waals surface area contributed by atoms with Crippen LogP contribution in [0.2, 0.25) is 10.0 Å². The zero-order chi connectivity index (χ0) is 22.1. The molecule has 1 aromatic heterocycles. The van der Waals surface area contributed by atoms with Gasteiger partial charge in [0.1, 0.15) is 5.52 Å². The molecule has 6 heteroatoms. The summed E-state index contributed by atoms with van der Waals surface area (Å²) >= 11 is 12.1. The molecule has 5 aromatic rings. The number of nitrogens with one attached hydrogen (secondary N) is 1. The zero-order valence-electron chi connectivity index (χ0n) is 16.7. The Bertz CT molecular complexity index is 1500. The maximum atomic E-state index is 12.4. The second kappa shape index (κ2) is 8.50. The zero-order valence-corrected chi connectivity index (χ0v) is 18.2. The first kappa shape index (κ1) is 20.3. The van der Waals surface area contributed by atoms with Crippen LogP contribution in [0.25, 0.3) is 39.4 Å². The highest BCUT2D eigenvalue weighted by Gasteiger charge is 2.12. The van der Waals surface area contributed by atoms with Crippen LogP contribution in [-0.2, 0) is 4.79 Å². The van der Waals surface area contributed by atoms with E-state index in [1.165, 1.54) is 6.08 Å². The minimum atomic E-state index is -0.281. The minimum absolute atomic E-state index is 0.281. The number of nitrogens with zero attached hydrogens (tertiary/aromatic N) is 1. The van der Waals surface area contributed by atoms with Crippen LogP contribution in [0.15, 0.2) is 89.4 Å². The fourth-order valence-corrected chi connectivity index (χ4v) is 3.97. The number of aromatic nitrogens is 1. The highest BCUT2D eigenvalue weighted by Crippen LogP contribution is 2.30. The molecule has 4 nitrogen and oxygen atoms in total. The van der Waals surface area contributed by atoms with E-state index >= 15 is 0 Å². The number of rotatable bonds is 4. The van der Waals surface area contributed by atoms with Gasteiger partial charge in [0.15, 0.2) is 5.58 Å². The molecule has 0 saturated carbocycles. The van der Waals surface area contributed by atoms with E-state index in [1.54, 1.807) is 24.3 Å². The van der Waals surface area contributed by atoms with E-state index in [0.717, 1.165) is 27.4 Å². The normalized spacial score (nSPS) is 11.4. The summed E-state index contributed by atoms with van der Waals surface area (Å²) in [5.74, 6) is 0.215. The van der Waals surface area contributed by atoms with Crippen molar-refractivity contribution in [3.63, 3.8) is 0 Å². The first-order chi connectivity index (χ1) is 15.6. The molecule has 32 heavy (non-hydrogen) atoms. The Labute approximate surface area is 194 Å². The van der Waals surface area contributed by atoms with Crippen LogP contribution >= 0.6 is 23.2 Å². The molecule has 1 amide bonds. The lowest BCUT2D eigenvalue weighted by molar-refractivity contribution is -0.111. The molecule has 0 radical (unpaired) electrons. The summed E-state index contributed by atoms with van der Waals surface area (Å²) < 4.78 is 5.99. The fourth-order valence-electron chi connectivity index (χ4n) is 3.50. The van der Waals surface area contributed by atoms with E-state index in [9.17, 15) is 4.79 Å². The number of amides is 1. The molecular formula is C26H16Cl2N2O2. The topological polar surface area (TPSA) is 55.1 Å². The Morgan fingerprint density at radius 1 is 0.938 bits per heavy atom. The lowest BCUT2D eigenvalue weighted by Gasteiger charge is -2.04. The fraction of sp³-hybridized carbons (Fsp3) is 0. The molecule has 0 unspecified atom stereocenters. The van der Waals surface area contributed by atoms with Crippen LogP contribution in [0.5, 0.6) is 0 Å². The van der Waals surface area contributed by atoms with Crippen molar-refractivity contribution in [3.8, 4) is 11.5 Å². The molecule has 0 spiro atoms. The number of carbonyl (C=O) groups excluding carboxylic acids is 1. The SMILES string of the molecule is O=C(/C=C/c1ccc(Cl)cc1Cl)Nc1cccc(-c2nc3c(ccc4ccccc43)o2)c1. The molecular weight excluding hydrogens is 443 g/mol. The summed E-state index contributed by atoms with van der Waals surface area (Å²) in [4.78, 5) is 17.1. The van der Waals surface area contributed by atoms with Crippen molar-refractivity contribution in [1.29, 1.82) is 0 Å². The van der Waals surface area contributed by atoms with E-state index in [2.05, 4.69) is 5.32 Å². The molecule has 1 N–H and O–H groups in total. The monoisotopic (exact) mass is 458 g/mol. The predicted octanol–water partition coefficient (Wildman–Crippen LogP) is 7.61. The Kier molecular flexibility index (Phi) is 5.39. The second-order valence-corrected chi connectivity index (χ2v) is 8.07. The Morgan fingerprint density at radius 3 is 2.69 bits per heavy atom. The van der Waals surface area contributed by atoms with Crippen molar-refractivity contribution < 1.29 is 9.21 Å². The number of carbonyl (C=O) groups is 1.